The van der Waals surface area contributed by atoms with Gasteiger partial charge in [0.05, 0.1) is 0 Å². The van der Waals surface area contributed by atoms with Crippen LogP contribution in [-0.2, 0) is 10.1 Å². The molecule has 0 aromatic heterocycles. The van der Waals surface area contributed by atoms with Crippen molar-refractivity contribution >= 4 is 37.4 Å². The van der Waals surface area contributed by atoms with Gasteiger partial charge in [0.1, 0.15) is 17.8 Å². The van der Waals surface area contributed by atoms with Gasteiger partial charge < -0.3 is 4.18 Å². The van der Waals surface area contributed by atoms with Crippen LogP contribution in [0.3, 0.4) is 0 Å². The molecule has 0 saturated carbocycles. The molecule has 0 atom stereocenters. The average Bonchev–Trinajstić information content (AvgIpc) is 2.43. The van der Waals surface area contributed by atoms with E-state index in [1.807, 2.05) is 0 Å². The van der Waals surface area contributed by atoms with Crippen molar-refractivity contribution in [1.82, 2.24) is 0 Å². The topological polar surface area (TPSA) is 115 Å². The fourth-order valence-electron chi connectivity index (χ4n) is 1.17. The molecule has 0 bridgehead atoms. The van der Waals surface area contributed by atoms with Crippen LogP contribution in [0.2, 0.25) is 0 Å². The van der Waals surface area contributed by atoms with Gasteiger partial charge >= 0.3 is 15.6 Å². The number of rotatable bonds is 4. The number of halogens is 4. The van der Waals surface area contributed by atoms with E-state index in [1.165, 1.54) is 25.1 Å². The van der Waals surface area contributed by atoms with Crippen molar-refractivity contribution in [3.63, 3.8) is 0 Å². The first-order valence-corrected chi connectivity index (χ1v) is 7.66. The first-order chi connectivity index (χ1) is 10.5. The summed E-state index contributed by atoms with van der Waals surface area (Å²) in [7, 11) is -5.89. The molecular formula is C11H6BrF3N4O3S. The molecule has 0 aliphatic carbocycles. The van der Waals surface area contributed by atoms with Gasteiger partial charge in [-0.2, -0.15) is 37.2 Å². The van der Waals surface area contributed by atoms with Gasteiger partial charge in [0.15, 0.2) is 5.75 Å². The molecule has 0 amide bonds. The van der Waals surface area contributed by atoms with Crippen LogP contribution in [0.25, 0.3) is 0 Å². The number of nitriles is 2. The van der Waals surface area contributed by atoms with Gasteiger partial charge in [-0.15, -0.1) is 0 Å². The van der Waals surface area contributed by atoms with Crippen LogP contribution < -0.4 is 9.61 Å². The minimum atomic E-state index is -5.89. The molecule has 0 aliphatic heterocycles. The summed E-state index contributed by atoms with van der Waals surface area (Å²) in [5.41, 5.74) is -4.03. The van der Waals surface area contributed by atoms with Gasteiger partial charge in [-0.05, 0) is 24.6 Å². The predicted molar refractivity (Wildman–Crippen MR) is 76.8 cm³/mol. The van der Waals surface area contributed by atoms with Crippen LogP contribution in [0.4, 0.5) is 18.9 Å². The lowest BCUT2D eigenvalue weighted by atomic mass is 10.2. The van der Waals surface area contributed by atoms with Gasteiger partial charge in [0.25, 0.3) is 0 Å². The highest BCUT2D eigenvalue weighted by Crippen LogP contribution is 2.35. The Kier molecular flexibility index (Phi) is 5.58. The third kappa shape index (κ3) is 4.58. The molecule has 23 heavy (non-hydrogen) atoms. The van der Waals surface area contributed by atoms with Crippen LogP contribution >= 0.6 is 15.9 Å². The molecule has 1 aromatic carbocycles. The molecule has 122 valence electrons. The molecule has 0 radical (unpaired) electrons. The fourth-order valence-corrected chi connectivity index (χ4v) is 1.98. The second-order valence-electron chi connectivity index (χ2n) is 3.88. The third-order valence-electron chi connectivity index (χ3n) is 2.24. The minimum absolute atomic E-state index is 0.293. The number of hydrazone groups is 1. The zero-order valence-electron chi connectivity index (χ0n) is 11.1. The number of hydrogen-bond donors (Lipinski definition) is 1. The summed E-state index contributed by atoms with van der Waals surface area (Å²) in [5.74, 6) is -0.693. The Balaban J connectivity index is 3.33. The second kappa shape index (κ2) is 6.85. The Morgan fingerprint density at radius 2 is 1.91 bits per heavy atom. The van der Waals surface area contributed by atoms with Gasteiger partial charge in [-0.1, -0.05) is 15.9 Å². The molecular weight excluding hydrogens is 405 g/mol. The molecule has 1 rings (SSSR count). The normalized spacial score (nSPS) is 11.1. The molecule has 12 heteroatoms. The second-order valence-corrected chi connectivity index (χ2v) is 6.27. The number of hydrogen-bond acceptors (Lipinski definition) is 7. The number of benzene rings is 1. The minimum Gasteiger partial charge on any atom is -0.374 e. The Morgan fingerprint density at radius 3 is 2.39 bits per heavy atom. The van der Waals surface area contributed by atoms with Crippen molar-refractivity contribution in [1.29, 1.82) is 10.5 Å². The summed E-state index contributed by atoms with van der Waals surface area (Å²) in [6.07, 6.45) is 0. The smallest absolute Gasteiger partial charge is 0.374 e. The first kappa shape index (κ1) is 18.7. The maximum absolute atomic E-state index is 12.4. The highest BCUT2D eigenvalue weighted by atomic mass is 79.9. The van der Waals surface area contributed by atoms with Gasteiger partial charge in [-0.25, -0.2) is 0 Å². The maximum atomic E-state index is 12.4. The zero-order chi connectivity index (χ0) is 17.8. The SMILES string of the molecule is Cc1cc(OS(=O)(=O)C(F)(F)F)c(NN=C(C#N)C#N)cc1Br. The number of aryl methyl sites for hydroxylation is 1. The molecule has 0 fully saturated rings. The lowest BCUT2D eigenvalue weighted by Gasteiger charge is -2.14. The van der Waals surface area contributed by atoms with E-state index >= 15 is 0 Å². The monoisotopic (exact) mass is 410 g/mol. The van der Waals surface area contributed by atoms with Crippen molar-refractivity contribution in [2.75, 3.05) is 5.43 Å². The zero-order valence-corrected chi connectivity index (χ0v) is 13.5. The summed E-state index contributed by atoms with van der Waals surface area (Å²) >= 11 is 3.09. The van der Waals surface area contributed by atoms with Crippen LogP contribution in [-0.4, -0.2) is 19.6 Å². The van der Waals surface area contributed by atoms with Crippen LogP contribution in [0.1, 0.15) is 5.56 Å². The summed E-state index contributed by atoms with van der Waals surface area (Å²) in [6.45, 7) is 1.49. The Hall–Kier alpha value is -2.31. The lowest BCUT2D eigenvalue weighted by Crippen LogP contribution is -2.28. The summed E-state index contributed by atoms with van der Waals surface area (Å²) in [4.78, 5) is 0. The van der Waals surface area contributed by atoms with Gasteiger partial charge in [0.2, 0.25) is 5.71 Å². The van der Waals surface area contributed by atoms with E-state index in [-0.39, 0.29) is 5.69 Å². The molecule has 1 aromatic rings. The van der Waals surface area contributed by atoms with Crippen molar-refractivity contribution < 1.29 is 25.8 Å². The highest BCUT2D eigenvalue weighted by Gasteiger charge is 2.48. The van der Waals surface area contributed by atoms with E-state index in [4.69, 9.17) is 10.5 Å². The molecule has 0 spiro atoms. The largest absolute Gasteiger partial charge is 0.534 e. The van der Waals surface area contributed by atoms with Crippen LogP contribution in [0.15, 0.2) is 21.7 Å². The predicted octanol–water partition coefficient (Wildman–Crippen LogP) is 2.80. The Labute approximate surface area is 137 Å². The van der Waals surface area contributed by atoms with E-state index in [1.54, 1.807) is 0 Å². The molecule has 7 nitrogen and oxygen atoms in total. The Bertz CT molecular complexity index is 822. The number of anilines is 1. The van der Waals surface area contributed by atoms with Gasteiger partial charge in [0, 0.05) is 4.47 Å². The number of nitrogens with zero attached hydrogens (tertiary/aromatic N) is 3. The fraction of sp³-hybridized carbons (Fsp3) is 0.182. The Morgan fingerprint density at radius 1 is 1.35 bits per heavy atom. The van der Waals surface area contributed by atoms with Gasteiger partial charge in [-0.3, -0.25) is 5.43 Å². The van der Waals surface area contributed by atoms with Crippen LogP contribution in [0.5, 0.6) is 5.75 Å². The number of alkyl halides is 3. The molecule has 0 heterocycles. The first-order valence-electron chi connectivity index (χ1n) is 5.46. The van der Waals surface area contributed by atoms with E-state index in [9.17, 15) is 21.6 Å². The third-order valence-corrected chi connectivity index (χ3v) is 4.06. The van der Waals surface area contributed by atoms with Crippen molar-refractivity contribution in [3.05, 3.63) is 22.2 Å². The van der Waals surface area contributed by atoms with Crippen molar-refractivity contribution in [3.8, 4) is 17.9 Å². The highest BCUT2D eigenvalue weighted by molar-refractivity contribution is 9.10. The maximum Gasteiger partial charge on any atom is 0.534 e. The summed E-state index contributed by atoms with van der Waals surface area (Å²) in [6, 6.07) is 5.04. The summed E-state index contributed by atoms with van der Waals surface area (Å²) < 4.78 is 63.8. The van der Waals surface area contributed by atoms with Crippen molar-refractivity contribution in [2.24, 2.45) is 5.10 Å². The molecule has 0 saturated heterocycles. The number of nitrogens with one attached hydrogen (secondary N) is 1. The van der Waals surface area contributed by atoms with E-state index in [0.29, 0.717) is 10.0 Å². The molecule has 0 unspecified atom stereocenters. The molecule has 0 aliphatic rings. The lowest BCUT2D eigenvalue weighted by molar-refractivity contribution is -0.0499. The van der Waals surface area contributed by atoms with Crippen LogP contribution in [0, 0.1) is 29.6 Å². The van der Waals surface area contributed by atoms with E-state index < -0.39 is 27.1 Å². The average molecular weight is 411 g/mol. The van der Waals surface area contributed by atoms with E-state index in [2.05, 4.69) is 30.6 Å². The van der Waals surface area contributed by atoms with E-state index in [0.717, 1.165) is 6.07 Å². The molecule has 1 N–H and O–H groups in total. The quantitative estimate of drug-likeness (QED) is 0.353. The standard InChI is InChI=1S/C11H6BrF3N4O3S/c1-6-2-10(22-23(20,21)11(13,14)15)9(3-8(6)12)19-18-7(4-16)5-17/h2-3,19H,1H3. The van der Waals surface area contributed by atoms with Crippen molar-refractivity contribution in [2.45, 2.75) is 12.4 Å². The summed E-state index contributed by atoms with van der Waals surface area (Å²) in [5, 5.41) is 20.4.